The molecule has 60 heavy (non-hydrogen) atoms. The van der Waals surface area contributed by atoms with Crippen LogP contribution in [0.1, 0.15) is 103 Å². The molecule has 0 spiro atoms. The maximum absolute atomic E-state index is 3.78. The number of hydrogen-bond donors (Lipinski definition) is 0. The molecule has 0 saturated carbocycles. The van der Waals surface area contributed by atoms with Crippen LogP contribution >= 0.6 is 0 Å². The molecule has 1 atom stereocenters. The number of allylic oxidation sites excluding steroid dienone is 4. The molecule has 308 valence electrons. The first kappa shape index (κ1) is 48.8. The molecule has 8 rings (SSSR count). The summed E-state index contributed by atoms with van der Waals surface area (Å²) in [6.07, 6.45) is 12.8. The minimum absolute atomic E-state index is 0. The standard InChI is InChI=1S/C31H29.C13H10.C13H21.2ClH.Zr/c1-18-11-20(3)30(21(4)12-18)24-7-9-28-26(15-24)17-27-16-25(8-10-29(27)28)31-22(5)13-19(2)14-23(31)6;1-3-7-12(8-4-1)11-13-9-5-2-6-10-13;1-5-6-7-11-8-9-12(10-11)13(2,3)4;;;/h7-15H,17H2,1-6H3;1-10H;9-11H,5-7H2,1-4H3;2*1H;/q-1;;-1;;;+2/p-2. The van der Waals surface area contributed by atoms with Gasteiger partial charge in [-0.05, 0) is 75.8 Å². The van der Waals surface area contributed by atoms with E-state index in [-0.39, 0.29) is 24.8 Å². The van der Waals surface area contributed by atoms with Crippen LogP contribution in [-0.4, -0.2) is 3.21 Å². The summed E-state index contributed by atoms with van der Waals surface area (Å²) in [6, 6.07) is 45.6. The van der Waals surface area contributed by atoms with Crippen LogP contribution in [0.25, 0.3) is 33.4 Å². The number of fused-ring (bicyclic) bond motifs is 3. The third-order valence-electron chi connectivity index (χ3n) is 11.4. The Morgan fingerprint density at radius 1 is 0.650 bits per heavy atom. The third-order valence-corrected chi connectivity index (χ3v) is 12.8. The van der Waals surface area contributed by atoms with E-state index in [2.05, 4.69) is 209 Å². The van der Waals surface area contributed by atoms with Crippen molar-refractivity contribution in [2.45, 2.75) is 94.9 Å². The van der Waals surface area contributed by atoms with E-state index in [0.717, 1.165) is 6.42 Å². The topological polar surface area (TPSA) is 0 Å². The predicted molar refractivity (Wildman–Crippen MR) is 247 cm³/mol. The Bertz CT molecular complexity index is 2270. The maximum atomic E-state index is 3.78. The number of rotatable bonds is 7. The van der Waals surface area contributed by atoms with Crippen LogP contribution in [0.4, 0.5) is 0 Å². The first-order valence-corrected chi connectivity index (χ1v) is 22.3. The van der Waals surface area contributed by atoms with Crippen LogP contribution in [0.2, 0.25) is 0 Å². The molecule has 0 nitrogen and oxygen atoms in total. The Labute approximate surface area is 389 Å². The van der Waals surface area contributed by atoms with Gasteiger partial charge in [-0.2, -0.15) is 11.6 Å². The molecule has 0 fully saturated rings. The molecule has 2 aliphatic carbocycles. The minimum atomic E-state index is 0. The monoisotopic (exact) mass is 904 g/mol. The number of aryl methyl sites for hydroxylation is 6. The summed E-state index contributed by atoms with van der Waals surface area (Å²) < 4.78 is 1.42. The Hall–Kier alpha value is -3.87. The van der Waals surface area contributed by atoms with Gasteiger partial charge < -0.3 is 24.8 Å². The van der Waals surface area contributed by atoms with Crippen LogP contribution in [0.3, 0.4) is 0 Å². The number of halogens is 2. The summed E-state index contributed by atoms with van der Waals surface area (Å²) in [6.45, 7) is 22.3. The Morgan fingerprint density at radius 3 is 1.67 bits per heavy atom. The van der Waals surface area contributed by atoms with Crippen molar-refractivity contribution in [3.8, 4) is 33.4 Å². The average molecular weight is 907 g/mol. The van der Waals surface area contributed by atoms with Gasteiger partial charge in [0.25, 0.3) is 0 Å². The van der Waals surface area contributed by atoms with Crippen LogP contribution < -0.4 is 24.8 Å². The van der Waals surface area contributed by atoms with Gasteiger partial charge in [0.15, 0.2) is 0 Å². The van der Waals surface area contributed by atoms with Crippen LogP contribution in [0, 0.1) is 65.0 Å². The molecule has 0 saturated heterocycles. The van der Waals surface area contributed by atoms with E-state index in [4.69, 9.17) is 0 Å². The molecule has 6 aromatic rings. The Balaban J connectivity index is 0.000000228. The fourth-order valence-electron chi connectivity index (χ4n) is 8.61. The predicted octanol–water partition coefficient (Wildman–Crippen LogP) is 9.19. The average Bonchev–Trinajstić information content (AvgIpc) is 3.82. The van der Waals surface area contributed by atoms with Crippen molar-refractivity contribution in [2.24, 2.45) is 11.3 Å². The number of unbranched alkanes of at least 4 members (excludes halogenated alkanes) is 1. The fraction of sp³-hybridized carbons (Fsp3) is 0.281. The summed E-state index contributed by atoms with van der Waals surface area (Å²) in [5.41, 5.74) is 23.1. The molecule has 0 bridgehead atoms. The van der Waals surface area contributed by atoms with Crippen LogP contribution in [0.15, 0.2) is 133 Å². The Morgan fingerprint density at radius 2 is 1.17 bits per heavy atom. The molecule has 0 aromatic heterocycles. The molecule has 0 heterocycles. The molecule has 2 aliphatic rings. The fourth-order valence-corrected chi connectivity index (χ4v) is 9.43. The van der Waals surface area contributed by atoms with Gasteiger partial charge >= 0.3 is 99.2 Å². The van der Waals surface area contributed by atoms with Gasteiger partial charge in [0.05, 0.1) is 0 Å². The first-order valence-electron chi connectivity index (χ1n) is 21.1. The van der Waals surface area contributed by atoms with E-state index in [1.165, 1.54) is 141 Å². The van der Waals surface area contributed by atoms with E-state index < -0.39 is 0 Å². The van der Waals surface area contributed by atoms with E-state index in [9.17, 15) is 0 Å². The molecule has 0 N–H and O–H groups in total. The van der Waals surface area contributed by atoms with E-state index in [0.29, 0.717) is 11.3 Å². The zero-order valence-corrected chi connectivity index (χ0v) is 41.3. The van der Waals surface area contributed by atoms with Crippen LogP contribution in [0.5, 0.6) is 0 Å². The first-order chi connectivity index (χ1) is 27.7. The normalized spacial score (nSPS) is 13.3. The van der Waals surface area contributed by atoms with Crippen molar-refractivity contribution in [1.82, 2.24) is 0 Å². The third kappa shape index (κ3) is 11.9. The molecule has 1 unspecified atom stereocenters. The zero-order valence-electron chi connectivity index (χ0n) is 37.3. The van der Waals surface area contributed by atoms with Gasteiger partial charge in [-0.15, -0.1) is 29.3 Å². The molecule has 0 aliphatic heterocycles. The molecular formula is C57H60Cl2Zr-2. The van der Waals surface area contributed by atoms with E-state index >= 15 is 0 Å². The van der Waals surface area contributed by atoms with E-state index in [1.54, 1.807) is 0 Å². The Kier molecular flexibility index (Phi) is 17.7. The summed E-state index contributed by atoms with van der Waals surface area (Å²) in [5, 5.41) is 0. The molecule has 0 amide bonds. The zero-order chi connectivity index (χ0) is 41.6. The van der Waals surface area contributed by atoms with Crippen molar-refractivity contribution in [1.29, 1.82) is 0 Å². The molecule has 3 heteroatoms. The van der Waals surface area contributed by atoms with Crippen molar-refractivity contribution >= 4 is 3.21 Å². The van der Waals surface area contributed by atoms with E-state index in [1.807, 2.05) is 0 Å². The second-order valence-corrected chi connectivity index (χ2v) is 18.6. The van der Waals surface area contributed by atoms with Crippen molar-refractivity contribution in [3.63, 3.8) is 0 Å². The molecule has 6 aromatic carbocycles. The van der Waals surface area contributed by atoms with Gasteiger partial charge in [0, 0.05) is 0 Å². The SMILES string of the molecule is CCCCC1[C-]=CC(C(C)(C)C)=C1.Cc1cc(C)c(-c2[c-]c3c(cc2)-c2ccc(-c4c(C)cc(C)cc4C)cc2C3)c(C)c1.[Cl-].[Cl-].[Zr+2]=[C](c1ccccc1)c1ccccc1. The van der Waals surface area contributed by atoms with Crippen molar-refractivity contribution in [2.75, 3.05) is 0 Å². The van der Waals surface area contributed by atoms with Crippen molar-refractivity contribution < 1.29 is 49.0 Å². The second kappa shape index (κ2) is 21.8. The van der Waals surface area contributed by atoms with Crippen molar-refractivity contribution in [3.05, 3.63) is 201 Å². The van der Waals surface area contributed by atoms with Gasteiger partial charge in [0.1, 0.15) is 0 Å². The van der Waals surface area contributed by atoms with Gasteiger partial charge in [-0.25, -0.2) is 6.08 Å². The van der Waals surface area contributed by atoms with Gasteiger partial charge in [-0.3, -0.25) is 6.08 Å². The quantitative estimate of drug-likeness (QED) is 0.140. The summed E-state index contributed by atoms with van der Waals surface area (Å²) in [5.74, 6) is 0.592. The summed E-state index contributed by atoms with van der Waals surface area (Å²) in [4.78, 5) is 0. The summed E-state index contributed by atoms with van der Waals surface area (Å²) >= 11 is 1.46. The molecular weight excluding hydrogens is 847 g/mol. The number of hydrogen-bond acceptors (Lipinski definition) is 0. The number of benzene rings is 6. The van der Waals surface area contributed by atoms with Gasteiger partial charge in [-0.1, -0.05) is 140 Å². The molecule has 0 radical (unpaired) electrons. The summed E-state index contributed by atoms with van der Waals surface area (Å²) in [7, 11) is 0. The van der Waals surface area contributed by atoms with Gasteiger partial charge in [0.2, 0.25) is 0 Å². The second-order valence-electron chi connectivity index (χ2n) is 17.4. The van der Waals surface area contributed by atoms with Crippen LogP contribution in [-0.2, 0) is 30.7 Å².